The molecule has 0 fully saturated rings. The standard InChI is InChI=1S/C14H23NO2/c1-12(2)11-17-8-7-15-10-13-5-4-6-14(9-13)16-3/h4-6,9,12,15H,7-8,10-11H2,1-3H3. The zero-order valence-electron chi connectivity index (χ0n) is 11.0. The summed E-state index contributed by atoms with van der Waals surface area (Å²) >= 11 is 0. The van der Waals surface area contributed by atoms with Gasteiger partial charge in [0, 0.05) is 19.7 Å². The number of hydrogen-bond acceptors (Lipinski definition) is 3. The maximum atomic E-state index is 5.49. The molecule has 96 valence electrons. The third kappa shape index (κ3) is 6.29. The Morgan fingerprint density at radius 2 is 2.12 bits per heavy atom. The Bertz CT molecular complexity index is 313. The highest BCUT2D eigenvalue weighted by atomic mass is 16.5. The predicted molar refractivity (Wildman–Crippen MR) is 70.4 cm³/mol. The van der Waals surface area contributed by atoms with E-state index < -0.39 is 0 Å². The second kappa shape index (κ2) is 8.09. The lowest BCUT2D eigenvalue weighted by molar-refractivity contribution is 0.111. The molecule has 0 atom stereocenters. The molecule has 3 heteroatoms. The number of nitrogens with one attached hydrogen (secondary N) is 1. The SMILES string of the molecule is COc1cccc(CNCCOCC(C)C)c1. The molecule has 1 aromatic carbocycles. The summed E-state index contributed by atoms with van der Waals surface area (Å²) in [5.74, 6) is 1.51. The summed E-state index contributed by atoms with van der Waals surface area (Å²) in [6.45, 7) is 7.64. The van der Waals surface area contributed by atoms with Crippen LogP contribution < -0.4 is 10.1 Å². The van der Waals surface area contributed by atoms with Gasteiger partial charge in [0.2, 0.25) is 0 Å². The molecule has 0 saturated carbocycles. The first-order chi connectivity index (χ1) is 8.22. The van der Waals surface area contributed by atoms with Crippen LogP contribution in [0.3, 0.4) is 0 Å². The van der Waals surface area contributed by atoms with Gasteiger partial charge in [-0.05, 0) is 23.6 Å². The number of benzene rings is 1. The zero-order chi connectivity index (χ0) is 12.5. The largest absolute Gasteiger partial charge is 0.497 e. The van der Waals surface area contributed by atoms with Gasteiger partial charge in [-0.3, -0.25) is 0 Å². The fraction of sp³-hybridized carbons (Fsp3) is 0.571. The molecule has 0 saturated heterocycles. The van der Waals surface area contributed by atoms with E-state index in [9.17, 15) is 0 Å². The minimum atomic E-state index is 0.605. The fourth-order valence-electron chi connectivity index (χ4n) is 1.48. The topological polar surface area (TPSA) is 30.5 Å². The van der Waals surface area contributed by atoms with E-state index >= 15 is 0 Å². The van der Waals surface area contributed by atoms with E-state index in [0.717, 1.165) is 32.1 Å². The van der Waals surface area contributed by atoms with Crippen LogP contribution in [0.5, 0.6) is 5.75 Å². The van der Waals surface area contributed by atoms with E-state index in [4.69, 9.17) is 9.47 Å². The minimum Gasteiger partial charge on any atom is -0.497 e. The highest BCUT2D eigenvalue weighted by Crippen LogP contribution is 2.11. The van der Waals surface area contributed by atoms with Crippen molar-refractivity contribution in [1.82, 2.24) is 5.32 Å². The van der Waals surface area contributed by atoms with Crippen molar-refractivity contribution in [3.05, 3.63) is 29.8 Å². The lowest BCUT2D eigenvalue weighted by Crippen LogP contribution is -2.20. The molecule has 1 N–H and O–H groups in total. The quantitative estimate of drug-likeness (QED) is 0.704. The molecule has 0 bridgehead atoms. The molecule has 0 radical (unpaired) electrons. The van der Waals surface area contributed by atoms with Crippen molar-refractivity contribution in [1.29, 1.82) is 0 Å². The molecule has 0 unspecified atom stereocenters. The summed E-state index contributed by atoms with van der Waals surface area (Å²) in [4.78, 5) is 0. The van der Waals surface area contributed by atoms with Crippen molar-refractivity contribution in [2.75, 3.05) is 26.9 Å². The molecule has 0 spiro atoms. The Balaban J connectivity index is 2.13. The van der Waals surface area contributed by atoms with Crippen molar-refractivity contribution in [2.24, 2.45) is 5.92 Å². The van der Waals surface area contributed by atoms with Gasteiger partial charge in [0.15, 0.2) is 0 Å². The molecule has 3 nitrogen and oxygen atoms in total. The Kier molecular flexibility index (Phi) is 6.67. The second-order valence-electron chi connectivity index (χ2n) is 4.50. The minimum absolute atomic E-state index is 0.605. The zero-order valence-corrected chi connectivity index (χ0v) is 11.0. The van der Waals surface area contributed by atoms with Gasteiger partial charge in [-0.2, -0.15) is 0 Å². The Morgan fingerprint density at radius 1 is 1.29 bits per heavy atom. The maximum absolute atomic E-state index is 5.49. The smallest absolute Gasteiger partial charge is 0.119 e. The van der Waals surface area contributed by atoms with Crippen LogP contribution in [0, 0.1) is 5.92 Å². The predicted octanol–water partition coefficient (Wildman–Crippen LogP) is 2.46. The number of hydrogen-bond donors (Lipinski definition) is 1. The summed E-state index contributed by atoms with van der Waals surface area (Å²) in [5.41, 5.74) is 1.23. The van der Waals surface area contributed by atoms with Crippen LogP contribution in [0.25, 0.3) is 0 Å². The summed E-state index contributed by atoms with van der Waals surface area (Å²) in [5, 5.41) is 3.35. The van der Waals surface area contributed by atoms with E-state index in [2.05, 4.69) is 25.2 Å². The van der Waals surface area contributed by atoms with Crippen LogP contribution in [0.4, 0.5) is 0 Å². The first kappa shape index (κ1) is 14.0. The molecule has 1 aromatic rings. The molecule has 0 aliphatic rings. The molecule has 0 aliphatic carbocycles. The van der Waals surface area contributed by atoms with Gasteiger partial charge in [0.25, 0.3) is 0 Å². The number of ether oxygens (including phenoxy) is 2. The van der Waals surface area contributed by atoms with Gasteiger partial charge in [-0.15, -0.1) is 0 Å². The van der Waals surface area contributed by atoms with E-state index in [-0.39, 0.29) is 0 Å². The van der Waals surface area contributed by atoms with E-state index in [1.807, 2.05) is 18.2 Å². The maximum Gasteiger partial charge on any atom is 0.119 e. The lowest BCUT2D eigenvalue weighted by atomic mass is 10.2. The van der Waals surface area contributed by atoms with Gasteiger partial charge in [-0.25, -0.2) is 0 Å². The summed E-state index contributed by atoms with van der Waals surface area (Å²) in [6.07, 6.45) is 0. The van der Waals surface area contributed by atoms with Crippen LogP contribution in [0.1, 0.15) is 19.4 Å². The van der Waals surface area contributed by atoms with Crippen molar-refractivity contribution in [2.45, 2.75) is 20.4 Å². The second-order valence-corrected chi connectivity index (χ2v) is 4.50. The molecule has 0 amide bonds. The molecule has 0 aliphatic heterocycles. The lowest BCUT2D eigenvalue weighted by Gasteiger charge is -2.08. The first-order valence-electron chi connectivity index (χ1n) is 6.13. The van der Waals surface area contributed by atoms with Crippen molar-refractivity contribution in [3.63, 3.8) is 0 Å². The molecule has 0 aromatic heterocycles. The van der Waals surface area contributed by atoms with Crippen LogP contribution in [0.2, 0.25) is 0 Å². The number of rotatable bonds is 8. The average molecular weight is 237 g/mol. The van der Waals surface area contributed by atoms with Gasteiger partial charge < -0.3 is 14.8 Å². The van der Waals surface area contributed by atoms with E-state index in [1.54, 1.807) is 7.11 Å². The summed E-state index contributed by atoms with van der Waals surface area (Å²) < 4.78 is 10.7. The van der Waals surface area contributed by atoms with Gasteiger partial charge in [0.1, 0.15) is 5.75 Å². The fourth-order valence-corrected chi connectivity index (χ4v) is 1.48. The normalized spacial score (nSPS) is 10.8. The first-order valence-corrected chi connectivity index (χ1v) is 6.13. The Morgan fingerprint density at radius 3 is 2.82 bits per heavy atom. The number of methoxy groups -OCH3 is 1. The van der Waals surface area contributed by atoms with E-state index in [0.29, 0.717) is 5.92 Å². The van der Waals surface area contributed by atoms with E-state index in [1.165, 1.54) is 5.56 Å². The van der Waals surface area contributed by atoms with Crippen molar-refractivity contribution >= 4 is 0 Å². The molecule has 0 heterocycles. The Hall–Kier alpha value is -1.06. The highest BCUT2D eigenvalue weighted by molar-refractivity contribution is 5.28. The average Bonchev–Trinajstić information content (AvgIpc) is 2.33. The summed E-state index contributed by atoms with van der Waals surface area (Å²) in [7, 11) is 1.69. The highest BCUT2D eigenvalue weighted by Gasteiger charge is 1.96. The van der Waals surface area contributed by atoms with Crippen molar-refractivity contribution < 1.29 is 9.47 Å². The van der Waals surface area contributed by atoms with Crippen LogP contribution in [-0.4, -0.2) is 26.9 Å². The Labute approximate surface area is 104 Å². The molecule has 17 heavy (non-hydrogen) atoms. The van der Waals surface area contributed by atoms with Gasteiger partial charge in [0.05, 0.1) is 13.7 Å². The molecule has 1 rings (SSSR count). The molecular formula is C14H23NO2. The van der Waals surface area contributed by atoms with Crippen molar-refractivity contribution in [3.8, 4) is 5.75 Å². The van der Waals surface area contributed by atoms with Crippen LogP contribution in [-0.2, 0) is 11.3 Å². The van der Waals surface area contributed by atoms with Gasteiger partial charge >= 0.3 is 0 Å². The molecular weight excluding hydrogens is 214 g/mol. The third-order valence-corrected chi connectivity index (χ3v) is 2.34. The van der Waals surface area contributed by atoms with Crippen LogP contribution in [0.15, 0.2) is 24.3 Å². The van der Waals surface area contributed by atoms with Gasteiger partial charge in [-0.1, -0.05) is 26.0 Å². The van der Waals surface area contributed by atoms with Crippen LogP contribution >= 0.6 is 0 Å². The third-order valence-electron chi connectivity index (χ3n) is 2.34. The monoisotopic (exact) mass is 237 g/mol. The summed E-state index contributed by atoms with van der Waals surface area (Å²) in [6, 6.07) is 8.09.